The van der Waals surface area contributed by atoms with Gasteiger partial charge in [-0.2, -0.15) is 0 Å². The van der Waals surface area contributed by atoms with Gasteiger partial charge in [0, 0.05) is 35.9 Å². The summed E-state index contributed by atoms with van der Waals surface area (Å²) in [5, 5.41) is 3.54. The smallest absolute Gasteiger partial charge is 0.0300 e. The lowest BCUT2D eigenvalue weighted by Crippen LogP contribution is -2.34. The molecule has 0 bridgehead atoms. The molecule has 1 aromatic rings. The Kier molecular flexibility index (Phi) is 7.56. The zero-order valence-corrected chi connectivity index (χ0v) is 13.1. The minimum absolute atomic E-state index is 0.810. The van der Waals surface area contributed by atoms with Gasteiger partial charge in [-0.05, 0) is 31.5 Å². The summed E-state index contributed by atoms with van der Waals surface area (Å²) in [4.78, 5) is 5.39. The highest BCUT2D eigenvalue weighted by Gasteiger charge is 2.06. The summed E-state index contributed by atoms with van der Waals surface area (Å²) in [6, 6.07) is 4.42. The van der Waals surface area contributed by atoms with E-state index in [4.69, 9.17) is 0 Å². The Morgan fingerprint density at radius 2 is 2.11 bits per heavy atom. The third kappa shape index (κ3) is 5.98. The van der Waals surface area contributed by atoms with E-state index in [-0.39, 0.29) is 0 Å². The highest BCUT2D eigenvalue weighted by Crippen LogP contribution is 2.14. The van der Waals surface area contributed by atoms with Gasteiger partial charge in [0.25, 0.3) is 0 Å². The highest BCUT2D eigenvalue weighted by molar-refractivity contribution is 7.11. The van der Waals surface area contributed by atoms with Crippen LogP contribution in [0.1, 0.15) is 36.9 Å². The SMILES string of the molecule is CCC(C)CN(CC)CCNCc1ccc(C)s1. The zero-order valence-electron chi connectivity index (χ0n) is 12.3. The van der Waals surface area contributed by atoms with E-state index in [0.717, 1.165) is 32.1 Å². The molecule has 104 valence electrons. The number of thiophene rings is 1. The summed E-state index contributed by atoms with van der Waals surface area (Å²) in [6.07, 6.45) is 1.28. The molecule has 1 aromatic heterocycles. The summed E-state index contributed by atoms with van der Waals surface area (Å²) in [7, 11) is 0. The predicted octanol–water partition coefficient (Wildman–Crippen LogP) is 3.51. The molecule has 0 aliphatic heterocycles. The molecule has 0 saturated heterocycles. The molecule has 0 spiro atoms. The van der Waals surface area contributed by atoms with E-state index in [0.29, 0.717) is 0 Å². The van der Waals surface area contributed by atoms with Crippen LogP contribution in [-0.2, 0) is 6.54 Å². The van der Waals surface area contributed by atoms with E-state index in [9.17, 15) is 0 Å². The summed E-state index contributed by atoms with van der Waals surface area (Å²) in [5.74, 6) is 0.810. The van der Waals surface area contributed by atoms with E-state index in [1.54, 1.807) is 0 Å². The van der Waals surface area contributed by atoms with E-state index >= 15 is 0 Å². The van der Waals surface area contributed by atoms with Gasteiger partial charge in [0.05, 0.1) is 0 Å². The van der Waals surface area contributed by atoms with E-state index in [2.05, 4.69) is 50.0 Å². The van der Waals surface area contributed by atoms with Gasteiger partial charge in [0.15, 0.2) is 0 Å². The molecule has 1 unspecified atom stereocenters. The van der Waals surface area contributed by atoms with Gasteiger partial charge in [-0.25, -0.2) is 0 Å². The molecule has 0 radical (unpaired) electrons. The van der Waals surface area contributed by atoms with Gasteiger partial charge >= 0.3 is 0 Å². The van der Waals surface area contributed by atoms with Crippen molar-refractivity contribution in [3.05, 3.63) is 21.9 Å². The normalized spacial score (nSPS) is 13.2. The molecule has 0 saturated carbocycles. The Balaban J connectivity index is 2.15. The molecule has 0 fully saturated rings. The van der Waals surface area contributed by atoms with Crippen molar-refractivity contribution in [2.75, 3.05) is 26.2 Å². The van der Waals surface area contributed by atoms with Gasteiger partial charge in [-0.15, -0.1) is 11.3 Å². The second-order valence-corrected chi connectivity index (χ2v) is 6.47. The first kappa shape index (κ1) is 15.7. The zero-order chi connectivity index (χ0) is 13.4. The van der Waals surface area contributed by atoms with E-state index in [1.165, 1.54) is 22.7 Å². The first-order valence-corrected chi connectivity index (χ1v) is 7.95. The summed E-state index contributed by atoms with van der Waals surface area (Å²) in [6.45, 7) is 14.7. The predicted molar refractivity (Wildman–Crippen MR) is 82.3 cm³/mol. The lowest BCUT2D eigenvalue weighted by molar-refractivity contribution is 0.245. The summed E-state index contributed by atoms with van der Waals surface area (Å²) in [5.41, 5.74) is 0. The highest BCUT2D eigenvalue weighted by atomic mass is 32.1. The maximum Gasteiger partial charge on any atom is 0.0300 e. The summed E-state index contributed by atoms with van der Waals surface area (Å²) >= 11 is 1.89. The van der Waals surface area contributed by atoms with Crippen molar-refractivity contribution in [1.82, 2.24) is 10.2 Å². The number of nitrogens with one attached hydrogen (secondary N) is 1. The second kappa shape index (κ2) is 8.68. The van der Waals surface area contributed by atoms with Crippen LogP contribution in [0.5, 0.6) is 0 Å². The van der Waals surface area contributed by atoms with Gasteiger partial charge in [-0.1, -0.05) is 27.2 Å². The van der Waals surface area contributed by atoms with Crippen molar-refractivity contribution in [2.45, 2.75) is 40.7 Å². The molecule has 1 heterocycles. The number of rotatable bonds is 9. The third-order valence-electron chi connectivity index (χ3n) is 3.41. The number of nitrogens with zero attached hydrogens (tertiary/aromatic N) is 1. The van der Waals surface area contributed by atoms with Crippen LogP contribution in [0.3, 0.4) is 0 Å². The molecular weight excluding hydrogens is 240 g/mol. The second-order valence-electron chi connectivity index (χ2n) is 5.10. The van der Waals surface area contributed by atoms with Crippen LogP contribution < -0.4 is 5.32 Å². The van der Waals surface area contributed by atoms with Gasteiger partial charge in [-0.3, -0.25) is 0 Å². The van der Waals surface area contributed by atoms with Crippen molar-refractivity contribution in [3.63, 3.8) is 0 Å². The van der Waals surface area contributed by atoms with Crippen LogP contribution in [0.4, 0.5) is 0 Å². The molecule has 18 heavy (non-hydrogen) atoms. The van der Waals surface area contributed by atoms with Crippen molar-refractivity contribution in [3.8, 4) is 0 Å². The maximum absolute atomic E-state index is 3.54. The monoisotopic (exact) mass is 268 g/mol. The molecule has 0 aliphatic carbocycles. The molecule has 0 amide bonds. The summed E-state index contributed by atoms with van der Waals surface area (Å²) < 4.78 is 0. The Hall–Kier alpha value is -0.380. The molecule has 2 nitrogen and oxygen atoms in total. The molecule has 1 N–H and O–H groups in total. The topological polar surface area (TPSA) is 15.3 Å². The van der Waals surface area contributed by atoms with E-state index in [1.807, 2.05) is 11.3 Å². The Labute approximate surface area is 116 Å². The van der Waals surface area contributed by atoms with Gasteiger partial charge < -0.3 is 10.2 Å². The van der Waals surface area contributed by atoms with Crippen LogP contribution in [0.15, 0.2) is 12.1 Å². The van der Waals surface area contributed by atoms with Crippen molar-refractivity contribution >= 4 is 11.3 Å². The van der Waals surface area contributed by atoms with Crippen LogP contribution >= 0.6 is 11.3 Å². The van der Waals surface area contributed by atoms with Crippen molar-refractivity contribution in [2.24, 2.45) is 5.92 Å². The van der Waals surface area contributed by atoms with Crippen molar-refractivity contribution in [1.29, 1.82) is 0 Å². The molecule has 1 rings (SSSR count). The molecular formula is C15H28N2S. The van der Waals surface area contributed by atoms with Crippen LogP contribution in [-0.4, -0.2) is 31.1 Å². The van der Waals surface area contributed by atoms with Crippen molar-refractivity contribution < 1.29 is 0 Å². The van der Waals surface area contributed by atoms with E-state index < -0.39 is 0 Å². The van der Waals surface area contributed by atoms with Crippen LogP contribution in [0, 0.1) is 12.8 Å². The average molecular weight is 268 g/mol. The Bertz CT molecular complexity index is 322. The number of hydrogen-bond acceptors (Lipinski definition) is 3. The largest absolute Gasteiger partial charge is 0.311 e. The fraction of sp³-hybridized carbons (Fsp3) is 0.733. The number of likely N-dealkylation sites (N-methyl/N-ethyl adjacent to an activating group) is 1. The van der Waals surface area contributed by atoms with Crippen LogP contribution in [0.25, 0.3) is 0 Å². The van der Waals surface area contributed by atoms with Gasteiger partial charge in [0.1, 0.15) is 0 Å². The maximum atomic E-state index is 3.54. The number of hydrogen-bond donors (Lipinski definition) is 1. The quantitative estimate of drug-likeness (QED) is 0.689. The third-order valence-corrected chi connectivity index (χ3v) is 4.41. The standard InChI is InChI=1S/C15H28N2S/c1-5-13(3)12-17(6-2)10-9-16-11-15-8-7-14(4)18-15/h7-8,13,16H,5-6,9-12H2,1-4H3. The fourth-order valence-electron chi connectivity index (χ4n) is 1.98. The first-order valence-electron chi connectivity index (χ1n) is 7.14. The fourth-order valence-corrected chi connectivity index (χ4v) is 2.84. The molecule has 1 atom stereocenters. The molecule has 0 aliphatic rings. The minimum atomic E-state index is 0.810. The Morgan fingerprint density at radius 1 is 1.33 bits per heavy atom. The lowest BCUT2D eigenvalue weighted by atomic mass is 10.1. The minimum Gasteiger partial charge on any atom is -0.311 e. The first-order chi connectivity index (χ1) is 8.65. The van der Waals surface area contributed by atoms with Gasteiger partial charge in [0.2, 0.25) is 0 Å². The molecule has 0 aromatic carbocycles. The van der Waals surface area contributed by atoms with Crippen LogP contribution in [0.2, 0.25) is 0 Å². The molecule has 3 heteroatoms. The average Bonchev–Trinajstić information content (AvgIpc) is 2.78. The lowest BCUT2D eigenvalue weighted by Gasteiger charge is -2.23. The Morgan fingerprint density at radius 3 is 2.67 bits per heavy atom. The number of aryl methyl sites for hydroxylation is 1.